The molecule has 0 amide bonds. The van der Waals surface area contributed by atoms with Gasteiger partial charge in [0.1, 0.15) is 6.33 Å². The van der Waals surface area contributed by atoms with Crippen molar-refractivity contribution in [2.24, 2.45) is 0 Å². The Labute approximate surface area is 120 Å². The summed E-state index contributed by atoms with van der Waals surface area (Å²) in [5.41, 5.74) is 2.57. The van der Waals surface area contributed by atoms with Gasteiger partial charge in [0, 0.05) is 11.6 Å². The first-order chi connectivity index (χ1) is 9.90. The maximum Gasteiger partial charge on any atom is 0.164 e. The summed E-state index contributed by atoms with van der Waals surface area (Å²) in [5.74, 6) is 1.03. The molecule has 0 atom stereocenters. The predicted molar refractivity (Wildman–Crippen MR) is 80.6 cm³/mol. The van der Waals surface area contributed by atoms with Gasteiger partial charge in [-0.25, -0.2) is 0 Å². The molecule has 106 valence electrons. The molecule has 1 saturated carbocycles. The standard InChI is InChI=1S/C16H22N4/c1-17-11-10-13-6-2-5-9-15(13)16-19-18-12-20(16)14-7-3-4-8-14/h2,5-6,9,12,14,17H,3-4,7-8,10-11H2,1H3. The van der Waals surface area contributed by atoms with Crippen molar-refractivity contribution in [2.75, 3.05) is 13.6 Å². The number of likely N-dealkylation sites (N-methyl/N-ethyl adjacent to an activating group) is 1. The second kappa shape index (κ2) is 6.18. The lowest BCUT2D eigenvalue weighted by atomic mass is 10.0. The highest BCUT2D eigenvalue weighted by Gasteiger charge is 2.21. The summed E-state index contributed by atoms with van der Waals surface area (Å²) in [6, 6.07) is 9.13. The fraction of sp³-hybridized carbons (Fsp3) is 0.500. The number of nitrogens with zero attached hydrogens (tertiary/aromatic N) is 3. The van der Waals surface area contributed by atoms with Crippen molar-refractivity contribution in [3.8, 4) is 11.4 Å². The quantitative estimate of drug-likeness (QED) is 0.908. The van der Waals surface area contributed by atoms with Crippen LogP contribution in [0.3, 0.4) is 0 Å². The van der Waals surface area contributed by atoms with Crippen molar-refractivity contribution in [1.29, 1.82) is 0 Å². The van der Waals surface area contributed by atoms with E-state index in [1.165, 1.54) is 36.8 Å². The maximum atomic E-state index is 4.39. The average molecular weight is 270 g/mol. The van der Waals surface area contributed by atoms with Gasteiger partial charge in [-0.1, -0.05) is 37.1 Å². The van der Waals surface area contributed by atoms with Gasteiger partial charge in [0.15, 0.2) is 5.82 Å². The fourth-order valence-corrected chi connectivity index (χ4v) is 3.10. The molecule has 0 bridgehead atoms. The van der Waals surface area contributed by atoms with E-state index in [2.05, 4.69) is 44.3 Å². The van der Waals surface area contributed by atoms with Gasteiger partial charge in [0.2, 0.25) is 0 Å². The van der Waals surface area contributed by atoms with E-state index in [4.69, 9.17) is 0 Å². The molecule has 0 saturated heterocycles. The third-order valence-corrected chi connectivity index (χ3v) is 4.19. The van der Waals surface area contributed by atoms with Gasteiger partial charge in [-0.2, -0.15) is 0 Å². The van der Waals surface area contributed by atoms with E-state index in [0.717, 1.165) is 18.8 Å². The molecule has 3 rings (SSSR count). The minimum Gasteiger partial charge on any atom is -0.319 e. The van der Waals surface area contributed by atoms with Crippen LogP contribution in [0, 0.1) is 0 Å². The largest absolute Gasteiger partial charge is 0.319 e. The first-order valence-corrected chi connectivity index (χ1v) is 7.52. The van der Waals surface area contributed by atoms with Crippen LogP contribution in [0.4, 0.5) is 0 Å². The molecule has 0 unspecified atom stereocenters. The summed E-state index contributed by atoms with van der Waals surface area (Å²) < 4.78 is 2.28. The lowest BCUT2D eigenvalue weighted by molar-refractivity contribution is 0.521. The molecule has 1 aromatic heterocycles. The summed E-state index contributed by atoms with van der Waals surface area (Å²) in [7, 11) is 1.99. The molecule has 1 heterocycles. The average Bonchev–Trinajstić information content (AvgIpc) is 3.15. The summed E-state index contributed by atoms with van der Waals surface area (Å²) in [6.07, 6.45) is 8.07. The van der Waals surface area contributed by atoms with Crippen molar-refractivity contribution in [3.05, 3.63) is 36.2 Å². The summed E-state index contributed by atoms with van der Waals surface area (Å²) in [5, 5.41) is 11.8. The number of hydrogen-bond donors (Lipinski definition) is 1. The second-order valence-electron chi connectivity index (χ2n) is 5.51. The van der Waals surface area contributed by atoms with Crippen LogP contribution >= 0.6 is 0 Å². The monoisotopic (exact) mass is 270 g/mol. The molecule has 0 aliphatic heterocycles. The third-order valence-electron chi connectivity index (χ3n) is 4.19. The van der Waals surface area contributed by atoms with Crippen LogP contribution in [0.25, 0.3) is 11.4 Å². The lowest BCUT2D eigenvalue weighted by Gasteiger charge is -2.15. The molecule has 2 aromatic rings. The summed E-state index contributed by atoms with van der Waals surface area (Å²) >= 11 is 0. The Balaban J connectivity index is 1.94. The molecule has 0 spiro atoms. The smallest absolute Gasteiger partial charge is 0.164 e. The van der Waals surface area contributed by atoms with E-state index < -0.39 is 0 Å². The zero-order valence-corrected chi connectivity index (χ0v) is 12.0. The topological polar surface area (TPSA) is 42.7 Å². The Hall–Kier alpha value is -1.68. The zero-order valence-electron chi connectivity index (χ0n) is 12.0. The third kappa shape index (κ3) is 2.61. The fourth-order valence-electron chi connectivity index (χ4n) is 3.10. The molecule has 1 fully saturated rings. The van der Waals surface area contributed by atoms with Crippen LogP contribution < -0.4 is 5.32 Å². The van der Waals surface area contributed by atoms with Crippen molar-refractivity contribution in [2.45, 2.75) is 38.1 Å². The highest BCUT2D eigenvalue weighted by molar-refractivity contribution is 5.60. The molecule has 0 radical (unpaired) electrons. The number of hydrogen-bond acceptors (Lipinski definition) is 3. The van der Waals surface area contributed by atoms with E-state index in [9.17, 15) is 0 Å². The van der Waals surface area contributed by atoms with Crippen LogP contribution in [-0.2, 0) is 6.42 Å². The molecule has 1 aliphatic carbocycles. The van der Waals surface area contributed by atoms with E-state index >= 15 is 0 Å². The Kier molecular flexibility index (Phi) is 4.11. The Morgan fingerprint density at radius 2 is 2.05 bits per heavy atom. The molecule has 1 N–H and O–H groups in total. The number of rotatable bonds is 5. The van der Waals surface area contributed by atoms with Crippen molar-refractivity contribution >= 4 is 0 Å². The molecular weight excluding hydrogens is 248 g/mol. The Morgan fingerprint density at radius 1 is 1.25 bits per heavy atom. The zero-order chi connectivity index (χ0) is 13.8. The lowest BCUT2D eigenvalue weighted by Crippen LogP contribution is -2.12. The number of aromatic nitrogens is 3. The van der Waals surface area contributed by atoms with E-state index in [0.29, 0.717) is 6.04 Å². The van der Waals surface area contributed by atoms with Gasteiger partial charge < -0.3 is 9.88 Å². The van der Waals surface area contributed by atoms with E-state index in [1.54, 1.807) is 0 Å². The summed E-state index contributed by atoms with van der Waals surface area (Å²) in [6.45, 7) is 0.981. The second-order valence-corrected chi connectivity index (χ2v) is 5.51. The van der Waals surface area contributed by atoms with Crippen LogP contribution in [-0.4, -0.2) is 28.4 Å². The normalized spacial score (nSPS) is 15.8. The van der Waals surface area contributed by atoms with Gasteiger partial charge in [0.05, 0.1) is 0 Å². The summed E-state index contributed by atoms with van der Waals surface area (Å²) in [4.78, 5) is 0. The SMILES string of the molecule is CNCCc1ccccc1-c1nncn1C1CCCC1. The van der Waals surface area contributed by atoms with Gasteiger partial charge >= 0.3 is 0 Å². The van der Waals surface area contributed by atoms with Gasteiger partial charge in [0.25, 0.3) is 0 Å². The number of benzene rings is 1. The van der Waals surface area contributed by atoms with Gasteiger partial charge in [-0.15, -0.1) is 10.2 Å². The minimum absolute atomic E-state index is 0.581. The van der Waals surface area contributed by atoms with Crippen molar-refractivity contribution < 1.29 is 0 Å². The van der Waals surface area contributed by atoms with Gasteiger partial charge in [-0.3, -0.25) is 0 Å². The van der Waals surface area contributed by atoms with E-state index in [-0.39, 0.29) is 0 Å². The first-order valence-electron chi connectivity index (χ1n) is 7.52. The minimum atomic E-state index is 0.581. The first kappa shape index (κ1) is 13.3. The highest BCUT2D eigenvalue weighted by atomic mass is 15.3. The van der Waals surface area contributed by atoms with E-state index in [1.807, 2.05) is 13.4 Å². The predicted octanol–water partition coefficient (Wildman–Crippen LogP) is 2.82. The highest BCUT2D eigenvalue weighted by Crippen LogP contribution is 2.33. The Bertz CT molecular complexity index is 555. The Morgan fingerprint density at radius 3 is 2.85 bits per heavy atom. The molecule has 1 aliphatic rings. The van der Waals surface area contributed by atoms with Crippen LogP contribution in [0.5, 0.6) is 0 Å². The van der Waals surface area contributed by atoms with Crippen LogP contribution in [0.2, 0.25) is 0 Å². The van der Waals surface area contributed by atoms with Crippen LogP contribution in [0.1, 0.15) is 37.3 Å². The maximum absolute atomic E-state index is 4.39. The number of nitrogens with one attached hydrogen (secondary N) is 1. The molecule has 4 nitrogen and oxygen atoms in total. The van der Waals surface area contributed by atoms with Gasteiger partial charge in [-0.05, 0) is 38.4 Å². The van der Waals surface area contributed by atoms with Crippen molar-refractivity contribution in [1.82, 2.24) is 20.1 Å². The molecule has 1 aromatic carbocycles. The molecular formula is C16H22N4. The molecule has 20 heavy (non-hydrogen) atoms. The van der Waals surface area contributed by atoms with Crippen molar-refractivity contribution in [3.63, 3.8) is 0 Å². The molecule has 4 heteroatoms. The van der Waals surface area contributed by atoms with Crippen LogP contribution in [0.15, 0.2) is 30.6 Å².